The third kappa shape index (κ3) is 8.65. The molecule has 64 heavy (non-hydrogen) atoms. The first-order valence-electron chi connectivity index (χ1n) is 22.0. The molecule has 0 saturated carbocycles. The second-order valence-electron chi connectivity index (χ2n) is 19.0. The molecule has 9 rings (SSSR count). The Morgan fingerprint density at radius 1 is 0.547 bits per heavy atom. The zero-order valence-corrected chi connectivity index (χ0v) is 40.1. The predicted octanol–water partition coefficient (Wildman–Crippen LogP) is 15.6. The Labute approximate surface area is 393 Å². The summed E-state index contributed by atoms with van der Waals surface area (Å²) in [5.74, 6) is 1.38. The number of aromatic nitrogens is 3. The van der Waals surface area contributed by atoms with Crippen molar-refractivity contribution in [1.82, 2.24) is 14.5 Å². The summed E-state index contributed by atoms with van der Waals surface area (Å²) in [7, 11) is 0. The molecule has 1 N–H and O–H groups in total. The van der Waals surface area contributed by atoms with Gasteiger partial charge in [-0.2, -0.15) is 0 Å². The van der Waals surface area contributed by atoms with Gasteiger partial charge < -0.3 is 5.11 Å². The molecule has 9 aromatic rings. The SMILES string of the molecule is CC(C)c1ccc(-c2ccnc(-c3[c-]c(-c4cccc5c4nc(-c4cc(C(C)(C)C)cc(C(C)(C)C)c4O)n5-c4ccccc4-c4ccccc4)cc(-c4ccccc4)c3)c2)cc1.[Pt]. The molecule has 0 aliphatic carbocycles. The van der Waals surface area contributed by atoms with Gasteiger partial charge in [0.05, 0.1) is 22.3 Å². The van der Waals surface area contributed by atoms with Crippen LogP contribution in [0.5, 0.6) is 5.75 Å². The number of phenolic OH excluding ortho intramolecular Hbond substituents is 1. The molecule has 0 unspecified atom stereocenters. The van der Waals surface area contributed by atoms with E-state index in [4.69, 9.17) is 9.97 Å². The molecule has 0 atom stereocenters. The molecular weight excluding hydrogens is 962 g/mol. The molecular formula is C59H54N3OPt-. The minimum atomic E-state index is -0.323. The van der Waals surface area contributed by atoms with E-state index in [-0.39, 0.29) is 37.6 Å². The van der Waals surface area contributed by atoms with Crippen LogP contribution in [-0.4, -0.2) is 19.6 Å². The molecule has 0 radical (unpaired) electrons. The molecule has 2 heterocycles. The smallest absolute Gasteiger partial charge is 0.148 e. The van der Waals surface area contributed by atoms with E-state index < -0.39 is 0 Å². The average molecular weight is 1020 g/mol. The van der Waals surface area contributed by atoms with E-state index in [1.165, 1.54) is 5.56 Å². The second kappa shape index (κ2) is 17.7. The number of rotatable bonds is 8. The largest absolute Gasteiger partial charge is 0.507 e. The first-order chi connectivity index (χ1) is 30.2. The standard InChI is InChI=1S/C59H54N3O.Pt/c1-38(2)39-26-28-41(29-27-39)43-30-31-60-52(35-43)46-33-44(40-18-11-9-12-19-40)32-45(34-46)49-23-17-25-54-55(49)61-57(50-36-47(58(3,4)5)37-51(56(50)63)59(6,7)8)62(54)53-24-16-15-22-48(53)42-20-13-10-14-21-42;/h9-33,35-38,63H,1-8H3;/q-1;. The summed E-state index contributed by atoms with van der Waals surface area (Å²) in [6.45, 7) is 17.6. The van der Waals surface area contributed by atoms with Crippen molar-refractivity contribution in [2.45, 2.75) is 72.1 Å². The van der Waals surface area contributed by atoms with Gasteiger partial charge in [0.15, 0.2) is 0 Å². The van der Waals surface area contributed by atoms with Crippen LogP contribution in [-0.2, 0) is 31.9 Å². The fourth-order valence-corrected chi connectivity index (χ4v) is 8.55. The van der Waals surface area contributed by atoms with Gasteiger partial charge in [-0.25, -0.2) is 4.98 Å². The molecule has 0 aliphatic rings. The van der Waals surface area contributed by atoms with E-state index in [2.05, 4.69) is 218 Å². The monoisotopic (exact) mass is 1020 g/mol. The number of benzene rings is 7. The van der Waals surface area contributed by atoms with Crippen molar-refractivity contribution >= 4 is 11.0 Å². The minimum absolute atomic E-state index is 0. The maximum absolute atomic E-state index is 12.4. The first kappa shape index (κ1) is 44.3. The summed E-state index contributed by atoms with van der Waals surface area (Å²) in [6.07, 6.45) is 1.90. The predicted molar refractivity (Wildman–Crippen MR) is 263 cm³/mol. The van der Waals surface area contributed by atoms with E-state index >= 15 is 0 Å². The fraction of sp³-hybridized carbons (Fsp3) is 0.186. The molecule has 4 nitrogen and oxygen atoms in total. The molecule has 322 valence electrons. The Morgan fingerprint density at radius 3 is 1.84 bits per heavy atom. The summed E-state index contributed by atoms with van der Waals surface area (Å²) in [4.78, 5) is 10.6. The Bertz CT molecular complexity index is 3100. The molecule has 0 bridgehead atoms. The number of nitrogens with zero attached hydrogens (tertiary/aromatic N) is 3. The molecule has 0 amide bonds. The third-order valence-corrected chi connectivity index (χ3v) is 12.2. The fourth-order valence-electron chi connectivity index (χ4n) is 8.55. The molecule has 0 saturated heterocycles. The van der Waals surface area contributed by atoms with E-state index in [0.29, 0.717) is 17.3 Å². The Kier molecular flexibility index (Phi) is 12.2. The van der Waals surface area contributed by atoms with Crippen LogP contribution in [0.3, 0.4) is 0 Å². The van der Waals surface area contributed by atoms with Gasteiger partial charge in [0.1, 0.15) is 11.6 Å². The van der Waals surface area contributed by atoms with E-state index in [1.807, 2.05) is 18.3 Å². The van der Waals surface area contributed by atoms with Gasteiger partial charge >= 0.3 is 0 Å². The number of phenols is 1. The van der Waals surface area contributed by atoms with Gasteiger partial charge in [-0.3, -0.25) is 9.55 Å². The summed E-state index contributed by atoms with van der Waals surface area (Å²) >= 11 is 0. The van der Waals surface area contributed by atoms with Crippen LogP contribution < -0.4 is 0 Å². The van der Waals surface area contributed by atoms with Crippen molar-refractivity contribution in [2.24, 2.45) is 0 Å². The van der Waals surface area contributed by atoms with Crippen LogP contribution in [0.1, 0.15) is 78.0 Å². The van der Waals surface area contributed by atoms with Crippen molar-refractivity contribution in [2.75, 3.05) is 0 Å². The number of hydrogen-bond donors (Lipinski definition) is 1. The number of aromatic hydroxyl groups is 1. The van der Waals surface area contributed by atoms with E-state index in [1.54, 1.807) is 0 Å². The third-order valence-electron chi connectivity index (χ3n) is 12.2. The minimum Gasteiger partial charge on any atom is -0.507 e. The van der Waals surface area contributed by atoms with Crippen LogP contribution >= 0.6 is 0 Å². The maximum Gasteiger partial charge on any atom is 0.148 e. The van der Waals surface area contributed by atoms with Crippen LogP contribution in [0.25, 0.3) is 83.9 Å². The van der Waals surface area contributed by atoms with Crippen LogP contribution in [0.4, 0.5) is 0 Å². The van der Waals surface area contributed by atoms with Crippen molar-refractivity contribution < 1.29 is 26.2 Å². The second-order valence-corrected chi connectivity index (χ2v) is 19.0. The van der Waals surface area contributed by atoms with Gasteiger partial charge in [-0.15, -0.1) is 23.8 Å². The summed E-state index contributed by atoms with van der Waals surface area (Å²) in [5, 5.41) is 12.4. The Balaban J connectivity index is 0.00000560. The molecule has 7 aromatic carbocycles. The van der Waals surface area contributed by atoms with Gasteiger partial charge in [-0.05, 0) is 74.4 Å². The van der Waals surface area contributed by atoms with Crippen molar-refractivity contribution in [3.05, 3.63) is 193 Å². The summed E-state index contributed by atoms with van der Waals surface area (Å²) < 4.78 is 2.24. The molecule has 2 aromatic heterocycles. The van der Waals surface area contributed by atoms with Crippen LogP contribution in [0.15, 0.2) is 170 Å². The number of pyridine rings is 1. The Morgan fingerprint density at radius 2 is 1.17 bits per heavy atom. The van der Waals surface area contributed by atoms with Gasteiger partial charge in [-0.1, -0.05) is 199 Å². The topological polar surface area (TPSA) is 50.9 Å². The normalized spacial score (nSPS) is 11.8. The number of hydrogen-bond acceptors (Lipinski definition) is 3. The average Bonchev–Trinajstić information content (AvgIpc) is 3.68. The number of imidazole rings is 1. The van der Waals surface area contributed by atoms with E-state index in [9.17, 15) is 5.11 Å². The van der Waals surface area contributed by atoms with E-state index in [0.717, 1.165) is 83.6 Å². The zero-order valence-electron chi connectivity index (χ0n) is 37.8. The van der Waals surface area contributed by atoms with Crippen molar-refractivity contribution in [3.8, 4) is 78.6 Å². The molecule has 5 heteroatoms. The van der Waals surface area contributed by atoms with Crippen LogP contribution in [0, 0.1) is 6.07 Å². The Hall–Kier alpha value is -6.35. The molecule has 0 fully saturated rings. The van der Waals surface area contributed by atoms with Crippen molar-refractivity contribution in [3.63, 3.8) is 0 Å². The summed E-state index contributed by atoms with van der Waals surface area (Å²) in [6, 6.07) is 61.5. The van der Waals surface area contributed by atoms with Crippen LogP contribution in [0.2, 0.25) is 0 Å². The molecule has 0 spiro atoms. The zero-order chi connectivity index (χ0) is 44.0. The first-order valence-corrected chi connectivity index (χ1v) is 22.0. The van der Waals surface area contributed by atoms with Crippen molar-refractivity contribution in [1.29, 1.82) is 0 Å². The summed E-state index contributed by atoms with van der Waals surface area (Å²) in [5.41, 5.74) is 16.4. The van der Waals surface area contributed by atoms with Gasteiger partial charge in [0.25, 0.3) is 0 Å². The number of fused-ring (bicyclic) bond motifs is 1. The van der Waals surface area contributed by atoms with Gasteiger partial charge in [0, 0.05) is 44.1 Å². The molecule has 0 aliphatic heterocycles. The van der Waals surface area contributed by atoms with Gasteiger partial charge in [0.2, 0.25) is 0 Å². The number of para-hydroxylation sites is 2. The maximum atomic E-state index is 12.4. The quantitative estimate of drug-likeness (QED) is 0.154.